The minimum atomic E-state index is 0.689. The van der Waals surface area contributed by atoms with Crippen LogP contribution in [0.4, 0.5) is 5.82 Å². The van der Waals surface area contributed by atoms with Crippen LogP contribution in [0.2, 0.25) is 0 Å². The number of aromatic nitrogens is 2. The van der Waals surface area contributed by atoms with Crippen molar-refractivity contribution in [3.8, 4) is 0 Å². The van der Waals surface area contributed by atoms with Gasteiger partial charge in [0.2, 0.25) is 0 Å². The second kappa shape index (κ2) is 9.55. The highest BCUT2D eigenvalue weighted by molar-refractivity contribution is 5.88. The molecule has 1 heterocycles. The zero-order chi connectivity index (χ0) is 17.4. The molecule has 1 aromatic carbocycles. The van der Waals surface area contributed by atoms with Crippen molar-refractivity contribution in [3.05, 3.63) is 30.1 Å². The van der Waals surface area contributed by atoms with Gasteiger partial charge in [-0.05, 0) is 45.1 Å². The lowest BCUT2D eigenvalue weighted by Gasteiger charge is -2.20. The third kappa shape index (κ3) is 5.42. The summed E-state index contributed by atoms with van der Waals surface area (Å²) in [4.78, 5) is 11.8. The molecule has 0 amide bonds. The molecule has 0 saturated heterocycles. The van der Waals surface area contributed by atoms with Gasteiger partial charge in [-0.25, -0.2) is 9.97 Å². The van der Waals surface area contributed by atoms with E-state index in [1.165, 1.54) is 6.42 Å². The number of rotatable bonds is 10. The van der Waals surface area contributed by atoms with Gasteiger partial charge >= 0.3 is 0 Å². The molecule has 2 N–H and O–H groups in total. The van der Waals surface area contributed by atoms with Crippen molar-refractivity contribution in [1.82, 2.24) is 20.2 Å². The van der Waals surface area contributed by atoms with E-state index in [4.69, 9.17) is 9.97 Å². The molecule has 2 rings (SSSR count). The first kappa shape index (κ1) is 18.6. The average Bonchev–Trinajstić information content (AvgIpc) is 2.58. The molecule has 0 aliphatic carbocycles. The van der Waals surface area contributed by atoms with Crippen molar-refractivity contribution in [1.29, 1.82) is 0 Å². The Bertz CT molecular complexity index is 628. The highest BCUT2D eigenvalue weighted by Crippen LogP contribution is 2.20. The summed E-state index contributed by atoms with van der Waals surface area (Å²) in [5.41, 5.74) is 1.01. The third-order valence-electron chi connectivity index (χ3n) is 4.28. The molecule has 0 saturated carbocycles. The molecule has 5 heteroatoms. The monoisotopic (exact) mass is 329 g/mol. The Morgan fingerprint density at radius 3 is 2.71 bits per heavy atom. The predicted octanol–water partition coefficient (Wildman–Crippen LogP) is 3.13. The molecule has 1 unspecified atom stereocenters. The molecule has 0 radical (unpaired) electrons. The van der Waals surface area contributed by atoms with Gasteiger partial charge in [0, 0.05) is 18.5 Å². The van der Waals surface area contributed by atoms with Crippen molar-refractivity contribution < 1.29 is 0 Å². The van der Waals surface area contributed by atoms with Crippen LogP contribution in [-0.2, 0) is 6.54 Å². The molecule has 132 valence electrons. The van der Waals surface area contributed by atoms with Gasteiger partial charge in [0.05, 0.1) is 12.1 Å². The Morgan fingerprint density at radius 1 is 1.17 bits per heavy atom. The number of hydrogen-bond acceptors (Lipinski definition) is 5. The lowest BCUT2D eigenvalue weighted by Crippen LogP contribution is -2.25. The molecule has 0 fully saturated rings. The maximum atomic E-state index is 4.79. The van der Waals surface area contributed by atoms with Crippen LogP contribution in [0.15, 0.2) is 24.3 Å². The summed E-state index contributed by atoms with van der Waals surface area (Å²) in [5.74, 6) is 2.52. The van der Waals surface area contributed by atoms with Crippen molar-refractivity contribution in [3.63, 3.8) is 0 Å². The Morgan fingerprint density at radius 2 is 1.96 bits per heavy atom. The number of anilines is 1. The fraction of sp³-hybridized carbons (Fsp3) is 0.579. The molecule has 1 atom stereocenters. The zero-order valence-corrected chi connectivity index (χ0v) is 15.5. The first-order chi connectivity index (χ1) is 11.6. The molecular formula is C19H31N5. The fourth-order valence-corrected chi connectivity index (χ4v) is 2.77. The van der Waals surface area contributed by atoms with Gasteiger partial charge in [-0.15, -0.1) is 0 Å². The predicted molar refractivity (Wildman–Crippen MR) is 102 cm³/mol. The summed E-state index contributed by atoms with van der Waals surface area (Å²) < 4.78 is 0. The summed E-state index contributed by atoms with van der Waals surface area (Å²) in [6.45, 7) is 8.27. The topological polar surface area (TPSA) is 53.1 Å². The molecule has 2 aromatic rings. The summed E-state index contributed by atoms with van der Waals surface area (Å²) in [6, 6.07) is 8.22. The van der Waals surface area contributed by atoms with Gasteiger partial charge in [0.15, 0.2) is 0 Å². The highest BCUT2D eigenvalue weighted by atomic mass is 15.1. The summed E-state index contributed by atoms with van der Waals surface area (Å²) in [5, 5.41) is 7.74. The maximum Gasteiger partial charge on any atom is 0.145 e. The van der Waals surface area contributed by atoms with E-state index in [0.717, 1.165) is 55.1 Å². The van der Waals surface area contributed by atoms with Crippen LogP contribution in [0.3, 0.4) is 0 Å². The number of para-hydroxylation sites is 1. The smallest absolute Gasteiger partial charge is 0.145 e. The Balaban J connectivity index is 2.15. The lowest BCUT2D eigenvalue weighted by molar-refractivity contribution is 0.269. The molecule has 24 heavy (non-hydrogen) atoms. The van der Waals surface area contributed by atoms with E-state index in [9.17, 15) is 0 Å². The van der Waals surface area contributed by atoms with Gasteiger partial charge in [0.25, 0.3) is 0 Å². The summed E-state index contributed by atoms with van der Waals surface area (Å²) in [7, 11) is 4.12. The van der Waals surface area contributed by atoms with Gasteiger partial charge < -0.3 is 10.6 Å². The number of fused-ring (bicyclic) bond motifs is 1. The zero-order valence-electron chi connectivity index (χ0n) is 15.5. The Hall–Kier alpha value is -1.72. The quantitative estimate of drug-likeness (QED) is 0.656. The van der Waals surface area contributed by atoms with E-state index in [-0.39, 0.29) is 0 Å². The normalized spacial score (nSPS) is 12.7. The molecule has 1 aromatic heterocycles. The van der Waals surface area contributed by atoms with E-state index >= 15 is 0 Å². The van der Waals surface area contributed by atoms with Crippen molar-refractivity contribution in [2.45, 2.75) is 33.2 Å². The number of nitrogens with zero attached hydrogens (tertiary/aromatic N) is 3. The SMILES string of the molecule is CCC(C)CN(C)Cc1nc(NCCCNC)c2ccccc2n1. The van der Waals surface area contributed by atoms with E-state index in [1.54, 1.807) is 0 Å². The number of nitrogens with one attached hydrogen (secondary N) is 2. The van der Waals surface area contributed by atoms with E-state index in [1.807, 2.05) is 19.2 Å². The standard InChI is InChI=1S/C19H31N5/c1-5-15(2)13-24(4)14-18-22-17-10-7-6-9-16(17)19(23-18)21-12-8-11-20-3/h6-7,9-10,15,20H,5,8,11-14H2,1-4H3,(H,21,22,23). The van der Waals surface area contributed by atoms with Crippen LogP contribution in [-0.4, -0.2) is 48.6 Å². The second-order valence-corrected chi connectivity index (χ2v) is 6.60. The van der Waals surface area contributed by atoms with Gasteiger partial charge in [-0.2, -0.15) is 0 Å². The lowest BCUT2D eigenvalue weighted by atomic mass is 10.1. The van der Waals surface area contributed by atoms with Crippen molar-refractivity contribution >= 4 is 16.7 Å². The van der Waals surface area contributed by atoms with Crippen molar-refractivity contribution in [2.24, 2.45) is 5.92 Å². The number of benzene rings is 1. The van der Waals surface area contributed by atoms with Crippen LogP contribution >= 0.6 is 0 Å². The largest absolute Gasteiger partial charge is 0.369 e. The van der Waals surface area contributed by atoms with Gasteiger partial charge in [-0.3, -0.25) is 4.90 Å². The Labute approximate surface area is 145 Å². The first-order valence-corrected chi connectivity index (χ1v) is 8.96. The highest BCUT2D eigenvalue weighted by Gasteiger charge is 2.11. The van der Waals surface area contributed by atoms with Crippen LogP contribution in [0.25, 0.3) is 10.9 Å². The molecular weight excluding hydrogens is 298 g/mol. The summed E-state index contributed by atoms with van der Waals surface area (Å²) >= 11 is 0. The van der Waals surface area contributed by atoms with Gasteiger partial charge in [-0.1, -0.05) is 32.4 Å². The average molecular weight is 329 g/mol. The molecule has 0 bridgehead atoms. The van der Waals surface area contributed by atoms with Crippen molar-refractivity contribution in [2.75, 3.05) is 39.0 Å². The number of hydrogen-bond donors (Lipinski definition) is 2. The Kier molecular flexibility index (Phi) is 7.40. The van der Waals surface area contributed by atoms with Crippen LogP contribution < -0.4 is 10.6 Å². The fourth-order valence-electron chi connectivity index (χ4n) is 2.77. The molecule has 0 spiro atoms. The van der Waals surface area contributed by atoms with E-state index in [0.29, 0.717) is 5.92 Å². The minimum absolute atomic E-state index is 0.689. The van der Waals surface area contributed by atoms with Crippen LogP contribution in [0.1, 0.15) is 32.5 Å². The molecule has 0 aliphatic rings. The molecule has 0 aliphatic heterocycles. The maximum absolute atomic E-state index is 4.79. The van der Waals surface area contributed by atoms with E-state index in [2.05, 4.69) is 48.6 Å². The van der Waals surface area contributed by atoms with Gasteiger partial charge in [0.1, 0.15) is 11.6 Å². The second-order valence-electron chi connectivity index (χ2n) is 6.60. The van der Waals surface area contributed by atoms with E-state index < -0.39 is 0 Å². The molecule has 5 nitrogen and oxygen atoms in total. The third-order valence-corrected chi connectivity index (χ3v) is 4.28. The first-order valence-electron chi connectivity index (χ1n) is 8.96. The van der Waals surface area contributed by atoms with Crippen LogP contribution in [0, 0.1) is 5.92 Å². The summed E-state index contributed by atoms with van der Waals surface area (Å²) in [6.07, 6.45) is 2.26. The minimum Gasteiger partial charge on any atom is -0.369 e. The van der Waals surface area contributed by atoms with Crippen LogP contribution in [0.5, 0.6) is 0 Å².